The number of hydrogen-bond acceptors (Lipinski definition) is 4. The van der Waals surface area contributed by atoms with Crippen molar-refractivity contribution in [3.8, 4) is 0 Å². The van der Waals surface area contributed by atoms with Crippen LogP contribution in [0.2, 0.25) is 0 Å². The van der Waals surface area contributed by atoms with Crippen LogP contribution in [-0.4, -0.2) is 24.1 Å². The van der Waals surface area contributed by atoms with Gasteiger partial charge in [-0.05, 0) is 44.3 Å². The normalized spacial score (nSPS) is 28.0. The summed E-state index contributed by atoms with van der Waals surface area (Å²) < 4.78 is 11.1. The maximum absolute atomic E-state index is 12.1. The summed E-state index contributed by atoms with van der Waals surface area (Å²) in [6, 6.07) is 0. The van der Waals surface area contributed by atoms with E-state index < -0.39 is 0 Å². The molecule has 0 aromatic rings. The molecule has 1 fully saturated rings. The molecular formula is C20H28O4. The van der Waals surface area contributed by atoms with Gasteiger partial charge in [0.2, 0.25) is 0 Å². The fourth-order valence-electron chi connectivity index (χ4n) is 3.15. The summed E-state index contributed by atoms with van der Waals surface area (Å²) in [5, 5.41) is 0. The third-order valence-corrected chi connectivity index (χ3v) is 4.66. The van der Waals surface area contributed by atoms with Crippen LogP contribution < -0.4 is 0 Å². The summed E-state index contributed by atoms with van der Waals surface area (Å²) >= 11 is 0. The molecule has 1 saturated heterocycles. The van der Waals surface area contributed by atoms with Crippen molar-refractivity contribution in [3.05, 3.63) is 35.5 Å². The number of carbonyl (C=O) groups is 2. The van der Waals surface area contributed by atoms with Gasteiger partial charge < -0.3 is 9.47 Å². The predicted molar refractivity (Wildman–Crippen MR) is 93.2 cm³/mol. The van der Waals surface area contributed by atoms with Crippen molar-refractivity contribution < 1.29 is 19.1 Å². The zero-order chi connectivity index (χ0) is 17.9. The van der Waals surface area contributed by atoms with Gasteiger partial charge >= 0.3 is 11.9 Å². The van der Waals surface area contributed by atoms with Crippen LogP contribution in [-0.2, 0) is 19.1 Å². The van der Waals surface area contributed by atoms with Crippen molar-refractivity contribution >= 4 is 11.9 Å². The van der Waals surface area contributed by atoms with Gasteiger partial charge in [0.15, 0.2) is 0 Å². The average molecular weight is 332 g/mol. The Balaban J connectivity index is 2.22. The number of allylic oxidation sites excluding steroid dienone is 1. The molecule has 0 radical (unpaired) electrons. The summed E-state index contributed by atoms with van der Waals surface area (Å²) in [4.78, 5) is 23.9. The SMILES string of the molecule is C=C1C(=O)OC2C=C(C)C(OC(=O)CC(C)C)CC=C(C)CCC12. The Bertz CT molecular complexity index is 582. The van der Waals surface area contributed by atoms with Crippen LogP contribution in [0.15, 0.2) is 35.5 Å². The second-order valence-electron chi connectivity index (χ2n) is 7.31. The van der Waals surface area contributed by atoms with Crippen LogP contribution in [0.25, 0.3) is 0 Å². The van der Waals surface area contributed by atoms with Crippen LogP contribution in [0.4, 0.5) is 0 Å². The lowest BCUT2D eigenvalue weighted by molar-refractivity contribution is -0.148. The van der Waals surface area contributed by atoms with Gasteiger partial charge in [0, 0.05) is 24.3 Å². The second kappa shape index (κ2) is 7.82. The molecule has 0 amide bonds. The molecule has 4 heteroatoms. The lowest BCUT2D eigenvalue weighted by atomic mass is 9.87. The molecule has 4 nitrogen and oxygen atoms in total. The summed E-state index contributed by atoms with van der Waals surface area (Å²) in [6.07, 6.45) is 6.25. The number of ether oxygens (including phenoxy) is 2. The first-order valence-electron chi connectivity index (χ1n) is 8.71. The maximum Gasteiger partial charge on any atom is 0.334 e. The van der Waals surface area contributed by atoms with Gasteiger partial charge in [0.25, 0.3) is 0 Å². The fourth-order valence-corrected chi connectivity index (χ4v) is 3.15. The van der Waals surface area contributed by atoms with E-state index in [2.05, 4.69) is 19.6 Å². The lowest BCUT2D eigenvalue weighted by Crippen LogP contribution is -2.23. The minimum atomic E-state index is -0.316. The number of rotatable bonds is 3. The Morgan fingerprint density at radius 1 is 1.42 bits per heavy atom. The Kier molecular flexibility index (Phi) is 6.03. The fraction of sp³-hybridized carbons (Fsp3) is 0.600. The van der Waals surface area contributed by atoms with Crippen LogP contribution >= 0.6 is 0 Å². The van der Waals surface area contributed by atoms with Crippen molar-refractivity contribution in [2.45, 2.75) is 65.6 Å². The molecule has 2 aliphatic rings. The first-order valence-corrected chi connectivity index (χ1v) is 8.71. The molecule has 0 spiro atoms. The Labute approximate surface area is 144 Å². The van der Waals surface area contributed by atoms with Crippen LogP contribution in [0, 0.1) is 11.8 Å². The minimum Gasteiger partial charge on any atom is -0.457 e. The van der Waals surface area contributed by atoms with E-state index in [1.165, 1.54) is 5.57 Å². The largest absolute Gasteiger partial charge is 0.457 e. The van der Waals surface area contributed by atoms with Gasteiger partial charge in [-0.15, -0.1) is 0 Å². The van der Waals surface area contributed by atoms with E-state index >= 15 is 0 Å². The molecule has 24 heavy (non-hydrogen) atoms. The van der Waals surface area contributed by atoms with Gasteiger partial charge in [-0.25, -0.2) is 4.79 Å². The van der Waals surface area contributed by atoms with Gasteiger partial charge in [0.05, 0.1) is 0 Å². The van der Waals surface area contributed by atoms with E-state index in [1.807, 2.05) is 26.8 Å². The van der Waals surface area contributed by atoms with Crippen molar-refractivity contribution in [2.75, 3.05) is 0 Å². The van der Waals surface area contributed by atoms with E-state index in [4.69, 9.17) is 9.47 Å². The van der Waals surface area contributed by atoms with E-state index in [0.29, 0.717) is 18.4 Å². The predicted octanol–water partition coefficient (Wildman–Crippen LogP) is 4.12. The molecule has 1 aliphatic heterocycles. The maximum atomic E-state index is 12.1. The number of fused-ring (bicyclic) bond motifs is 1. The first kappa shape index (κ1) is 18.5. The summed E-state index contributed by atoms with van der Waals surface area (Å²) in [5.74, 6) is -0.235. The smallest absolute Gasteiger partial charge is 0.334 e. The number of carbonyl (C=O) groups excluding carboxylic acids is 2. The van der Waals surface area contributed by atoms with E-state index in [-0.39, 0.29) is 36.0 Å². The van der Waals surface area contributed by atoms with Gasteiger partial charge in [-0.2, -0.15) is 0 Å². The monoisotopic (exact) mass is 332 g/mol. The molecule has 1 aliphatic carbocycles. The summed E-state index contributed by atoms with van der Waals surface area (Å²) in [6.45, 7) is 11.9. The third-order valence-electron chi connectivity index (χ3n) is 4.66. The van der Waals surface area contributed by atoms with E-state index in [0.717, 1.165) is 18.4 Å². The second-order valence-corrected chi connectivity index (χ2v) is 7.31. The molecule has 132 valence electrons. The average Bonchev–Trinajstić information content (AvgIpc) is 2.74. The zero-order valence-electron chi connectivity index (χ0n) is 15.1. The first-order chi connectivity index (χ1) is 11.3. The molecule has 0 N–H and O–H groups in total. The Morgan fingerprint density at radius 2 is 2.12 bits per heavy atom. The molecule has 2 rings (SSSR count). The molecule has 0 aromatic heterocycles. The van der Waals surface area contributed by atoms with Crippen LogP contribution in [0.3, 0.4) is 0 Å². The minimum absolute atomic E-state index is 0.000848. The Morgan fingerprint density at radius 3 is 2.79 bits per heavy atom. The van der Waals surface area contributed by atoms with Crippen molar-refractivity contribution in [1.82, 2.24) is 0 Å². The number of hydrogen-bond donors (Lipinski definition) is 0. The van der Waals surface area contributed by atoms with Crippen LogP contribution in [0.5, 0.6) is 0 Å². The highest BCUT2D eigenvalue weighted by atomic mass is 16.6. The molecule has 0 aromatic carbocycles. The highest BCUT2D eigenvalue weighted by Gasteiger charge is 2.37. The molecular weight excluding hydrogens is 304 g/mol. The molecule has 3 unspecified atom stereocenters. The molecule has 3 atom stereocenters. The standard InChI is InChI=1S/C20H28O4/c1-12(2)10-19(21)23-17-9-7-13(3)6-8-16-15(5)20(22)24-18(16)11-14(17)4/h7,11-12,16-18H,5-6,8-10H2,1-4H3. The molecule has 1 heterocycles. The van der Waals surface area contributed by atoms with Crippen LogP contribution in [0.1, 0.15) is 53.4 Å². The summed E-state index contributed by atoms with van der Waals surface area (Å²) in [5.41, 5.74) is 2.71. The van der Waals surface area contributed by atoms with E-state index in [9.17, 15) is 9.59 Å². The Hall–Kier alpha value is -1.84. The highest BCUT2D eigenvalue weighted by Crippen LogP contribution is 2.34. The molecule has 0 saturated carbocycles. The van der Waals surface area contributed by atoms with Gasteiger partial charge in [0.1, 0.15) is 12.2 Å². The van der Waals surface area contributed by atoms with E-state index in [1.54, 1.807) is 0 Å². The van der Waals surface area contributed by atoms with Gasteiger partial charge in [-0.3, -0.25) is 4.79 Å². The van der Waals surface area contributed by atoms with Crippen molar-refractivity contribution in [1.29, 1.82) is 0 Å². The zero-order valence-corrected chi connectivity index (χ0v) is 15.1. The van der Waals surface area contributed by atoms with Gasteiger partial charge in [-0.1, -0.05) is 32.1 Å². The number of esters is 2. The highest BCUT2D eigenvalue weighted by molar-refractivity contribution is 5.91. The van der Waals surface area contributed by atoms with Crippen molar-refractivity contribution in [2.24, 2.45) is 11.8 Å². The van der Waals surface area contributed by atoms with Crippen molar-refractivity contribution in [3.63, 3.8) is 0 Å². The molecule has 0 bridgehead atoms. The topological polar surface area (TPSA) is 52.6 Å². The lowest BCUT2D eigenvalue weighted by Gasteiger charge is -2.23. The summed E-state index contributed by atoms with van der Waals surface area (Å²) in [7, 11) is 0. The quantitative estimate of drug-likeness (QED) is 0.443. The third kappa shape index (κ3) is 4.59.